The van der Waals surface area contributed by atoms with Crippen molar-refractivity contribution in [1.29, 1.82) is 5.26 Å². The Balaban J connectivity index is 2.14. The van der Waals surface area contributed by atoms with Crippen LogP contribution in [0.2, 0.25) is 0 Å². The Labute approximate surface area is 119 Å². The normalized spacial score (nSPS) is 9.95. The lowest BCUT2D eigenvalue weighted by Crippen LogP contribution is -2.12. The number of carbonyl (C=O) groups excluding carboxylic acids is 1. The summed E-state index contributed by atoms with van der Waals surface area (Å²) in [6.07, 6.45) is 1.58. The van der Waals surface area contributed by atoms with Gasteiger partial charge in [0.2, 0.25) is 0 Å². The molecule has 0 bridgehead atoms. The molecule has 2 aromatic rings. The average Bonchev–Trinajstić information content (AvgIpc) is 2.76. The van der Waals surface area contributed by atoms with Crippen molar-refractivity contribution in [3.05, 3.63) is 41.1 Å². The molecule has 0 radical (unpaired) electrons. The molecule has 0 fully saturated rings. The number of amides is 1. The maximum absolute atomic E-state index is 12.1. The summed E-state index contributed by atoms with van der Waals surface area (Å²) in [5.74, 6) is -0.186. The molecular weight excluding hydrogens is 278 g/mol. The molecular formula is C13H11N3OS2. The van der Waals surface area contributed by atoms with Crippen LogP contribution in [0.5, 0.6) is 0 Å². The van der Waals surface area contributed by atoms with Gasteiger partial charge < -0.3 is 0 Å². The fourth-order valence-electron chi connectivity index (χ4n) is 1.68. The highest BCUT2D eigenvalue weighted by Gasteiger charge is 2.10. The Morgan fingerprint density at radius 2 is 2.05 bits per heavy atom. The van der Waals surface area contributed by atoms with Crippen LogP contribution in [0.3, 0.4) is 0 Å². The Morgan fingerprint density at radius 3 is 2.68 bits per heavy atom. The number of hydrogen-bond acceptors (Lipinski definition) is 5. The van der Waals surface area contributed by atoms with Crippen LogP contribution in [-0.4, -0.2) is 10.9 Å². The Kier molecular flexibility index (Phi) is 4.20. The molecule has 2 rings (SSSR count). The Morgan fingerprint density at radius 1 is 1.37 bits per heavy atom. The lowest BCUT2D eigenvalue weighted by Gasteiger charge is -2.04. The fourth-order valence-corrected chi connectivity index (χ4v) is 2.94. The van der Waals surface area contributed by atoms with Gasteiger partial charge in [-0.2, -0.15) is 5.26 Å². The number of anilines is 1. The van der Waals surface area contributed by atoms with E-state index in [2.05, 4.69) is 10.3 Å². The quantitative estimate of drug-likeness (QED) is 0.692. The molecule has 6 heteroatoms. The van der Waals surface area contributed by atoms with Gasteiger partial charge in [0.25, 0.3) is 5.91 Å². The first kappa shape index (κ1) is 13.6. The summed E-state index contributed by atoms with van der Waals surface area (Å²) in [5, 5.41) is 13.8. The lowest BCUT2D eigenvalue weighted by atomic mass is 10.1. The lowest BCUT2D eigenvalue weighted by molar-refractivity contribution is 0.102. The third kappa shape index (κ3) is 3.56. The van der Waals surface area contributed by atoms with Crippen LogP contribution in [0.4, 0.5) is 5.13 Å². The highest BCUT2D eigenvalue weighted by molar-refractivity contribution is 8.05. The number of hydrogen-bond donors (Lipinski definition) is 1. The number of thiocyanates is 1. The summed E-state index contributed by atoms with van der Waals surface area (Å²) in [6, 6.07) is 5.68. The van der Waals surface area contributed by atoms with Crippen molar-refractivity contribution < 1.29 is 4.79 Å². The zero-order valence-electron chi connectivity index (χ0n) is 10.4. The van der Waals surface area contributed by atoms with E-state index in [1.54, 1.807) is 6.20 Å². The molecule has 0 atom stereocenters. The van der Waals surface area contributed by atoms with Crippen LogP contribution in [0.1, 0.15) is 21.5 Å². The van der Waals surface area contributed by atoms with Crippen molar-refractivity contribution in [3.8, 4) is 5.40 Å². The summed E-state index contributed by atoms with van der Waals surface area (Å²) >= 11 is 2.32. The van der Waals surface area contributed by atoms with E-state index in [-0.39, 0.29) is 5.91 Å². The predicted molar refractivity (Wildman–Crippen MR) is 77.5 cm³/mol. The number of thiazole rings is 1. The monoisotopic (exact) mass is 289 g/mol. The van der Waals surface area contributed by atoms with Gasteiger partial charge in [-0.3, -0.25) is 10.1 Å². The maximum atomic E-state index is 12.1. The highest BCUT2D eigenvalue weighted by Crippen LogP contribution is 2.27. The van der Waals surface area contributed by atoms with E-state index in [1.165, 1.54) is 11.3 Å². The van der Waals surface area contributed by atoms with Crippen LogP contribution < -0.4 is 5.32 Å². The number of rotatable bonds is 3. The smallest absolute Gasteiger partial charge is 0.257 e. The third-order valence-corrected chi connectivity index (χ3v) is 3.94. The molecule has 1 amide bonds. The second-order valence-electron chi connectivity index (χ2n) is 4.01. The molecule has 1 N–H and O–H groups in total. The fraction of sp³-hybridized carbons (Fsp3) is 0.154. The van der Waals surface area contributed by atoms with Crippen LogP contribution in [-0.2, 0) is 0 Å². The van der Waals surface area contributed by atoms with Crippen LogP contribution >= 0.6 is 23.1 Å². The molecule has 0 unspecified atom stereocenters. The number of benzene rings is 1. The first-order chi connectivity index (χ1) is 9.08. The SMILES string of the molecule is Cc1cc(C)cc(C(=O)Nc2ncc(SC#N)s2)c1. The first-order valence-electron chi connectivity index (χ1n) is 5.50. The van der Waals surface area contributed by atoms with E-state index in [9.17, 15) is 4.79 Å². The molecule has 0 saturated carbocycles. The number of aryl methyl sites for hydroxylation is 2. The molecule has 0 spiro atoms. The van der Waals surface area contributed by atoms with Gasteiger partial charge >= 0.3 is 0 Å². The van der Waals surface area contributed by atoms with Crippen molar-refractivity contribution in [1.82, 2.24) is 4.98 Å². The van der Waals surface area contributed by atoms with Gasteiger partial charge in [0.05, 0.1) is 10.4 Å². The number of carbonyl (C=O) groups is 1. The van der Waals surface area contributed by atoms with Crippen molar-refractivity contribution in [3.63, 3.8) is 0 Å². The van der Waals surface area contributed by atoms with Crippen molar-refractivity contribution in [2.45, 2.75) is 18.1 Å². The Bertz CT molecular complexity index is 638. The van der Waals surface area contributed by atoms with Gasteiger partial charge in [-0.25, -0.2) is 4.98 Å². The van der Waals surface area contributed by atoms with Crippen LogP contribution in [0.15, 0.2) is 28.6 Å². The molecule has 0 aliphatic rings. The van der Waals surface area contributed by atoms with E-state index in [0.717, 1.165) is 27.1 Å². The highest BCUT2D eigenvalue weighted by atomic mass is 32.2. The number of nitrogens with zero attached hydrogens (tertiary/aromatic N) is 2. The average molecular weight is 289 g/mol. The largest absolute Gasteiger partial charge is 0.298 e. The zero-order valence-corrected chi connectivity index (χ0v) is 12.1. The third-order valence-electron chi connectivity index (χ3n) is 2.34. The van der Waals surface area contributed by atoms with Crippen molar-refractivity contribution in [2.24, 2.45) is 0 Å². The van der Waals surface area contributed by atoms with E-state index in [1.807, 2.05) is 37.4 Å². The second-order valence-corrected chi connectivity index (χ2v) is 6.12. The summed E-state index contributed by atoms with van der Waals surface area (Å²) in [6.45, 7) is 3.91. The van der Waals surface area contributed by atoms with Crippen molar-refractivity contribution >= 4 is 34.1 Å². The van der Waals surface area contributed by atoms with Crippen LogP contribution in [0, 0.1) is 24.5 Å². The predicted octanol–water partition coefficient (Wildman–Crippen LogP) is 3.59. The molecule has 19 heavy (non-hydrogen) atoms. The van der Waals surface area contributed by atoms with Crippen molar-refractivity contribution in [2.75, 3.05) is 5.32 Å². The van der Waals surface area contributed by atoms with E-state index in [0.29, 0.717) is 10.7 Å². The molecule has 96 valence electrons. The van der Waals surface area contributed by atoms with Gasteiger partial charge in [0.15, 0.2) is 5.13 Å². The molecule has 0 aliphatic heterocycles. The molecule has 1 aromatic heterocycles. The maximum Gasteiger partial charge on any atom is 0.257 e. The number of nitriles is 1. The number of nitrogens with one attached hydrogen (secondary N) is 1. The summed E-state index contributed by atoms with van der Waals surface area (Å²) in [4.78, 5) is 16.1. The molecule has 4 nitrogen and oxygen atoms in total. The minimum absolute atomic E-state index is 0.186. The molecule has 1 heterocycles. The van der Waals surface area contributed by atoms with Gasteiger partial charge in [-0.15, -0.1) is 0 Å². The molecule has 1 aromatic carbocycles. The minimum Gasteiger partial charge on any atom is -0.298 e. The summed E-state index contributed by atoms with van der Waals surface area (Å²) in [7, 11) is 0. The van der Waals surface area contributed by atoms with E-state index >= 15 is 0 Å². The zero-order chi connectivity index (χ0) is 13.8. The van der Waals surface area contributed by atoms with Crippen LogP contribution in [0.25, 0.3) is 0 Å². The van der Waals surface area contributed by atoms with E-state index < -0.39 is 0 Å². The van der Waals surface area contributed by atoms with E-state index in [4.69, 9.17) is 5.26 Å². The topological polar surface area (TPSA) is 65.8 Å². The molecule has 0 saturated heterocycles. The summed E-state index contributed by atoms with van der Waals surface area (Å²) in [5.41, 5.74) is 2.71. The van der Waals surface area contributed by atoms with Gasteiger partial charge in [-0.1, -0.05) is 28.5 Å². The standard InChI is InChI=1S/C13H11N3OS2/c1-8-3-9(2)5-10(4-8)12(17)16-13-15-6-11(19-13)18-7-14/h3-6H,1-2H3,(H,15,16,17). The van der Waals surface area contributed by atoms with Gasteiger partial charge in [-0.05, 0) is 26.0 Å². The first-order valence-corrected chi connectivity index (χ1v) is 7.13. The summed E-state index contributed by atoms with van der Waals surface area (Å²) < 4.78 is 0.762. The second kappa shape index (κ2) is 5.87. The minimum atomic E-state index is -0.186. The Hall–Kier alpha value is -1.84. The van der Waals surface area contributed by atoms with Gasteiger partial charge in [0.1, 0.15) is 5.40 Å². The molecule has 0 aliphatic carbocycles. The number of thioether (sulfide) groups is 1. The van der Waals surface area contributed by atoms with Gasteiger partial charge in [0, 0.05) is 17.3 Å². The number of aromatic nitrogens is 1.